The summed E-state index contributed by atoms with van der Waals surface area (Å²) in [6.07, 6.45) is 0.854. The highest BCUT2D eigenvalue weighted by Gasteiger charge is 2.18. The Kier molecular flexibility index (Phi) is 7.67. The third-order valence-electron chi connectivity index (χ3n) is 3.68. The first-order chi connectivity index (χ1) is 11.7. The van der Waals surface area contributed by atoms with E-state index in [1.165, 1.54) is 0 Å². The molecule has 1 aromatic carbocycles. The van der Waals surface area contributed by atoms with Crippen LogP contribution in [0.3, 0.4) is 0 Å². The molecule has 1 saturated heterocycles. The van der Waals surface area contributed by atoms with E-state index in [-0.39, 0.29) is 18.4 Å². The third-order valence-corrected chi connectivity index (χ3v) is 3.68. The molecular weight excluding hydrogens is 310 g/mol. The van der Waals surface area contributed by atoms with E-state index in [1.54, 1.807) is 36.3 Å². The number of rotatable bonds is 8. The van der Waals surface area contributed by atoms with Gasteiger partial charge in [0.05, 0.1) is 19.8 Å². The monoisotopic (exact) mass is 335 g/mol. The fraction of sp³-hybridized carbons (Fsp3) is 0.529. The van der Waals surface area contributed by atoms with Crippen molar-refractivity contribution in [3.8, 4) is 0 Å². The fourth-order valence-corrected chi connectivity index (χ4v) is 2.43. The largest absolute Gasteiger partial charge is 0.385 e. The molecule has 24 heavy (non-hydrogen) atoms. The van der Waals surface area contributed by atoms with E-state index in [0.717, 1.165) is 13.0 Å². The van der Waals surface area contributed by atoms with Crippen molar-refractivity contribution >= 4 is 17.5 Å². The number of amides is 2. The number of methoxy groups -OCH3 is 1. The first kappa shape index (κ1) is 18.4. The highest BCUT2D eigenvalue weighted by atomic mass is 16.5. The average molecular weight is 335 g/mol. The van der Waals surface area contributed by atoms with E-state index in [0.29, 0.717) is 44.2 Å². The molecule has 0 aliphatic carbocycles. The Labute approximate surface area is 142 Å². The van der Waals surface area contributed by atoms with Crippen LogP contribution < -0.4 is 10.6 Å². The maximum absolute atomic E-state index is 12.4. The molecule has 0 radical (unpaired) electrons. The number of carbonyl (C=O) groups excluding carboxylic acids is 2. The highest BCUT2D eigenvalue weighted by molar-refractivity contribution is 5.97. The molecule has 1 aromatic rings. The van der Waals surface area contributed by atoms with Gasteiger partial charge >= 0.3 is 0 Å². The van der Waals surface area contributed by atoms with Crippen molar-refractivity contribution in [3.05, 3.63) is 29.8 Å². The van der Waals surface area contributed by atoms with Gasteiger partial charge in [0.2, 0.25) is 5.91 Å². The maximum Gasteiger partial charge on any atom is 0.254 e. The lowest BCUT2D eigenvalue weighted by atomic mass is 10.1. The Hall–Kier alpha value is -1.96. The SMILES string of the molecule is COCCCNCC(=O)Nc1cccc(C(=O)N2CCOCC2)c1. The van der Waals surface area contributed by atoms with Gasteiger partial charge in [-0.1, -0.05) is 6.07 Å². The number of benzene rings is 1. The van der Waals surface area contributed by atoms with Crippen molar-refractivity contribution in [2.24, 2.45) is 0 Å². The van der Waals surface area contributed by atoms with Gasteiger partial charge in [0.1, 0.15) is 0 Å². The molecular formula is C17H25N3O4. The van der Waals surface area contributed by atoms with Gasteiger partial charge in [-0.15, -0.1) is 0 Å². The van der Waals surface area contributed by atoms with Crippen molar-refractivity contribution in [1.29, 1.82) is 0 Å². The Bertz CT molecular complexity index is 544. The van der Waals surface area contributed by atoms with Gasteiger partial charge in [-0.2, -0.15) is 0 Å². The number of hydrogen-bond donors (Lipinski definition) is 2. The second-order valence-electron chi connectivity index (χ2n) is 5.56. The van der Waals surface area contributed by atoms with Gasteiger partial charge in [0.15, 0.2) is 0 Å². The van der Waals surface area contributed by atoms with E-state index in [1.807, 2.05) is 0 Å². The topological polar surface area (TPSA) is 79.9 Å². The number of hydrogen-bond acceptors (Lipinski definition) is 5. The van der Waals surface area contributed by atoms with Crippen molar-refractivity contribution < 1.29 is 19.1 Å². The Morgan fingerprint density at radius 1 is 1.29 bits per heavy atom. The van der Waals surface area contributed by atoms with Crippen LogP contribution in [0.25, 0.3) is 0 Å². The van der Waals surface area contributed by atoms with Gasteiger partial charge in [0, 0.05) is 38.1 Å². The number of ether oxygens (including phenoxy) is 2. The number of anilines is 1. The predicted octanol–water partition coefficient (Wildman–Crippen LogP) is 0.724. The van der Waals surface area contributed by atoms with Crippen molar-refractivity contribution in [2.45, 2.75) is 6.42 Å². The summed E-state index contributed by atoms with van der Waals surface area (Å²) in [5, 5.41) is 5.85. The molecule has 1 heterocycles. The molecule has 2 rings (SSSR count). The molecule has 132 valence electrons. The summed E-state index contributed by atoms with van der Waals surface area (Å²) < 4.78 is 10.2. The quantitative estimate of drug-likeness (QED) is 0.685. The standard InChI is InChI=1S/C17H25N3O4/c1-23-9-3-6-18-13-16(21)19-15-5-2-4-14(12-15)17(22)20-7-10-24-11-8-20/h2,4-5,12,18H,3,6-11,13H2,1H3,(H,19,21). The highest BCUT2D eigenvalue weighted by Crippen LogP contribution is 2.13. The Balaban J connectivity index is 1.83. The second kappa shape index (κ2) is 10.0. The van der Waals surface area contributed by atoms with Gasteiger partial charge < -0.3 is 25.0 Å². The van der Waals surface area contributed by atoms with Crippen molar-refractivity contribution in [2.75, 3.05) is 58.4 Å². The summed E-state index contributed by atoms with van der Waals surface area (Å²) in [5.74, 6) is -0.171. The molecule has 1 aliphatic heterocycles. The van der Waals surface area contributed by atoms with E-state index in [2.05, 4.69) is 10.6 Å². The van der Waals surface area contributed by atoms with E-state index in [4.69, 9.17) is 9.47 Å². The number of morpholine rings is 1. The molecule has 2 N–H and O–H groups in total. The molecule has 1 aliphatic rings. The van der Waals surface area contributed by atoms with Gasteiger partial charge in [-0.25, -0.2) is 0 Å². The minimum atomic E-state index is -0.136. The average Bonchev–Trinajstić information content (AvgIpc) is 2.62. The maximum atomic E-state index is 12.4. The number of nitrogens with one attached hydrogen (secondary N) is 2. The lowest BCUT2D eigenvalue weighted by molar-refractivity contribution is -0.115. The molecule has 1 fully saturated rings. The molecule has 0 unspecified atom stereocenters. The van der Waals surface area contributed by atoms with Crippen molar-refractivity contribution in [1.82, 2.24) is 10.2 Å². The van der Waals surface area contributed by atoms with E-state index >= 15 is 0 Å². The molecule has 0 bridgehead atoms. The van der Waals surface area contributed by atoms with Crippen LogP contribution >= 0.6 is 0 Å². The van der Waals surface area contributed by atoms with E-state index < -0.39 is 0 Å². The van der Waals surface area contributed by atoms with Crippen LogP contribution in [-0.4, -0.2) is 69.8 Å². The second-order valence-corrected chi connectivity index (χ2v) is 5.56. The first-order valence-corrected chi connectivity index (χ1v) is 8.17. The van der Waals surface area contributed by atoms with Crippen LogP contribution in [-0.2, 0) is 14.3 Å². The van der Waals surface area contributed by atoms with Crippen molar-refractivity contribution in [3.63, 3.8) is 0 Å². The first-order valence-electron chi connectivity index (χ1n) is 8.17. The fourth-order valence-electron chi connectivity index (χ4n) is 2.43. The van der Waals surface area contributed by atoms with Gasteiger partial charge in [-0.05, 0) is 31.2 Å². The number of nitrogens with zero attached hydrogens (tertiary/aromatic N) is 1. The molecule has 7 heteroatoms. The minimum absolute atomic E-state index is 0.0351. The normalized spacial score (nSPS) is 14.5. The van der Waals surface area contributed by atoms with Crippen LogP contribution in [0.2, 0.25) is 0 Å². The summed E-state index contributed by atoms with van der Waals surface area (Å²) >= 11 is 0. The van der Waals surface area contributed by atoms with Crippen LogP contribution in [0.5, 0.6) is 0 Å². The summed E-state index contributed by atoms with van der Waals surface area (Å²) in [7, 11) is 1.65. The molecule has 2 amide bonds. The van der Waals surface area contributed by atoms with Gasteiger partial charge in [-0.3, -0.25) is 9.59 Å². The molecule has 0 spiro atoms. The smallest absolute Gasteiger partial charge is 0.254 e. The zero-order chi connectivity index (χ0) is 17.2. The molecule has 0 atom stereocenters. The predicted molar refractivity (Wildman–Crippen MR) is 91.2 cm³/mol. The lowest BCUT2D eigenvalue weighted by Gasteiger charge is -2.27. The summed E-state index contributed by atoms with van der Waals surface area (Å²) in [4.78, 5) is 26.1. The zero-order valence-corrected chi connectivity index (χ0v) is 14.0. The summed E-state index contributed by atoms with van der Waals surface area (Å²) in [5.41, 5.74) is 1.19. The van der Waals surface area contributed by atoms with Crippen LogP contribution in [0.15, 0.2) is 24.3 Å². The summed E-state index contributed by atoms with van der Waals surface area (Å²) in [6.45, 7) is 3.94. The van der Waals surface area contributed by atoms with Crippen LogP contribution in [0.4, 0.5) is 5.69 Å². The molecule has 7 nitrogen and oxygen atoms in total. The van der Waals surface area contributed by atoms with E-state index in [9.17, 15) is 9.59 Å². The number of carbonyl (C=O) groups is 2. The third kappa shape index (κ3) is 5.92. The summed E-state index contributed by atoms with van der Waals surface area (Å²) in [6, 6.07) is 7.02. The Morgan fingerprint density at radius 3 is 2.83 bits per heavy atom. The van der Waals surface area contributed by atoms with Crippen LogP contribution in [0.1, 0.15) is 16.8 Å². The van der Waals surface area contributed by atoms with Crippen LogP contribution in [0, 0.1) is 0 Å². The molecule has 0 aromatic heterocycles. The minimum Gasteiger partial charge on any atom is -0.385 e. The molecule has 0 saturated carbocycles. The zero-order valence-electron chi connectivity index (χ0n) is 14.0. The Morgan fingerprint density at radius 2 is 2.08 bits per heavy atom. The van der Waals surface area contributed by atoms with Gasteiger partial charge in [0.25, 0.3) is 5.91 Å². The lowest BCUT2D eigenvalue weighted by Crippen LogP contribution is -2.40.